The molecule has 0 aliphatic carbocycles. The number of rotatable bonds is 4. The van der Waals surface area contributed by atoms with E-state index in [0.29, 0.717) is 6.61 Å². The van der Waals surface area contributed by atoms with Crippen molar-refractivity contribution in [2.75, 3.05) is 13.2 Å². The molecule has 94 valence electrons. The number of sulfonamides is 1. The van der Waals surface area contributed by atoms with E-state index in [-0.39, 0.29) is 17.5 Å². The van der Waals surface area contributed by atoms with Crippen LogP contribution in [0.2, 0.25) is 0 Å². The second-order valence-corrected chi connectivity index (χ2v) is 5.65. The summed E-state index contributed by atoms with van der Waals surface area (Å²) in [6.07, 6.45) is 1.67. The van der Waals surface area contributed by atoms with Crippen LogP contribution < -0.4 is 4.72 Å². The first-order chi connectivity index (χ1) is 8.09. The van der Waals surface area contributed by atoms with Crippen molar-refractivity contribution >= 4 is 10.0 Å². The van der Waals surface area contributed by atoms with E-state index in [1.54, 1.807) is 0 Å². The number of hydrogen-bond donors (Lipinski definition) is 1. The van der Waals surface area contributed by atoms with Gasteiger partial charge in [-0.1, -0.05) is 12.1 Å². The molecule has 6 heteroatoms. The van der Waals surface area contributed by atoms with Crippen molar-refractivity contribution in [3.8, 4) is 0 Å². The topological polar surface area (TPSA) is 55.4 Å². The molecule has 1 saturated heterocycles. The molecule has 0 unspecified atom stereocenters. The molecule has 0 saturated carbocycles. The minimum Gasteiger partial charge on any atom is -0.377 e. The lowest BCUT2D eigenvalue weighted by Crippen LogP contribution is -2.32. The summed E-state index contributed by atoms with van der Waals surface area (Å²) in [5.74, 6) is -0.743. The van der Waals surface area contributed by atoms with Crippen molar-refractivity contribution in [3.63, 3.8) is 0 Å². The van der Waals surface area contributed by atoms with E-state index in [1.807, 2.05) is 0 Å². The van der Waals surface area contributed by atoms with E-state index in [1.165, 1.54) is 18.2 Å². The molecule has 1 aliphatic heterocycles. The number of ether oxygens (including phenoxy) is 1. The molecule has 1 N–H and O–H groups in total. The Morgan fingerprint density at radius 1 is 1.41 bits per heavy atom. The van der Waals surface area contributed by atoms with Crippen LogP contribution in [-0.2, 0) is 14.8 Å². The number of benzene rings is 1. The van der Waals surface area contributed by atoms with Gasteiger partial charge in [-0.25, -0.2) is 17.5 Å². The van der Waals surface area contributed by atoms with Gasteiger partial charge >= 0.3 is 0 Å². The highest BCUT2D eigenvalue weighted by Crippen LogP contribution is 2.15. The molecule has 2 rings (SSSR count). The van der Waals surface area contributed by atoms with Crippen LogP contribution in [0.5, 0.6) is 0 Å². The molecule has 4 nitrogen and oxygen atoms in total. The second kappa shape index (κ2) is 5.12. The standard InChI is InChI=1S/C11H14FNO3S/c12-10-5-1-2-6-11(10)17(14,15)13-8-9-4-3-7-16-9/h1-2,5-6,9,13H,3-4,7-8H2/t9-/m1/s1. The van der Waals surface area contributed by atoms with Crippen molar-refractivity contribution in [1.82, 2.24) is 4.72 Å². The van der Waals surface area contributed by atoms with Crippen LogP contribution in [0.3, 0.4) is 0 Å². The van der Waals surface area contributed by atoms with Gasteiger partial charge in [0.15, 0.2) is 0 Å². The minimum absolute atomic E-state index is 0.100. The average molecular weight is 259 g/mol. The highest BCUT2D eigenvalue weighted by atomic mass is 32.2. The Morgan fingerprint density at radius 2 is 2.18 bits per heavy atom. The molecule has 1 aliphatic rings. The van der Waals surface area contributed by atoms with Crippen LogP contribution in [0.1, 0.15) is 12.8 Å². The van der Waals surface area contributed by atoms with Crippen molar-refractivity contribution < 1.29 is 17.5 Å². The average Bonchev–Trinajstić information content (AvgIpc) is 2.80. The Hall–Kier alpha value is -0.980. The molecule has 1 heterocycles. The van der Waals surface area contributed by atoms with Gasteiger partial charge in [-0.2, -0.15) is 0 Å². The van der Waals surface area contributed by atoms with E-state index >= 15 is 0 Å². The zero-order valence-electron chi connectivity index (χ0n) is 9.23. The van der Waals surface area contributed by atoms with Gasteiger partial charge < -0.3 is 4.74 Å². The van der Waals surface area contributed by atoms with Crippen LogP contribution in [-0.4, -0.2) is 27.7 Å². The Kier molecular flexibility index (Phi) is 3.76. The van der Waals surface area contributed by atoms with Gasteiger partial charge in [-0.05, 0) is 25.0 Å². The molecule has 17 heavy (non-hydrogen) atoms. The molecule has 0 bridgehead atoms. The van der Waals surface area contributed by atoms with Crippen molar-refractivity contribution in [3.05, 3.63) is 30.1 Å². The second-order valence-electron chi connectivity index (χ2n) is 3.92. The fraction of sp³-hybridized carbons (Fsp3) is 0.455. The zero-order chi connectivity index (χ0) is 12.3. The third-order valence-corrected chi connectivity index (χ3v) is 4.11. The predicted octanol–water partition coefficient (Wildman–Crippen LogP) is 1.28. The van der Waals surface area contributed by atoms with E-state index in [0.717, 1.165) is 18.9 Å². The lowest BCUT2D eigenvalue weighted by Gasteiger charge is -2.11. The largest absolute Gasteiger partial charge is 0.377 e. The van der Waals surface area contributed by atoms with Gasteiger partial charge in [-0.15, -0.1) is 0 Å². The quantitative estimate of drug-likeness (QED) is 0.886. The molecular formula is C11H14FNO3S. The summed E-state index contributed by atoms with van der Waals surface area (Å²) in [6, 6.07) is 5.31. The highest BCUT2D eigenvalue weighted by molar-refractivity contribution is 7.89. The van der Waals surface area contributed by atoms with E-state index in [4.69, 9.17) is 4.74 Å². The van der Waals surface area contributed by atoms with Crippen molar-refractivity contribution in [2.45, 2.75) is 23.8 Å². The van der Waals surface area contributed by atoms with Crippen LogP contribution in [0, 0.1) is 5.82 Å². The van der Waals surface area contributed by atoms with Gasteiger partial charge in [0.1, 0.15) is 10.7 Å². The van der Waals surface area contributed by atoms with Crippen LogP contribution >= 0.6 is 0 Å². The summed E-state index contributed by atoms with van der Waals surface area (Å²) < 4.78 is 44.6. The summed E-state index contributed by atoms with van der Waals surface area (Å²) in [4.78, 5) is -0.321. The molecule has 1 atom stereocenters. The smallest absolute Gasteiger partial charge is 0.243 e. The Balaban J connectivity index is 2.06. The van der Waals surface area contributed by atoms with Crippen molar-refractivity contribution in [1.29, 1.82) is 0 Å². The molecule has 0 aromatic heterocycles. The first-order valence-electron chi connectivity index (χ1n) is 5.45. The number of halogens is 1. The summed E-state index contributed by atoms with van der Waals surface area (Å²) in [5, 5.41) is 0. The summed E-state index contributed by atoms with van der Waals surface area (Å²) in [7, 11) is -3.78. The Bertz CT molecular complexity index is 483. The predicted molar refractivity (Wildman–Crippen MR) is 60.6 cm³/mol. The van der Waals surface area contributed by atoms with E-state index in [2.05, 4.69) is 4.72 Å². The van der Waals surface area contributed by atoms with E-state index < -0.39 is 15.8 Å². The normalized spacial score (nSPS) is 20.6. The molecule has 1 aromatic carbocycles. The first-order valence-corrected chi connectivity index (χ1v) is 6.94. The molecular weight excluding hydrogens is 245 g/mol. The first kappa shape index (κ1) is 12.5. The van der Waals surface area contributed by atoms with Gasteiger partial charge in [-0.3, -0.25) is 0 Å². The lowest BCUT2D eigenvalue weighted by atomic mass is 10.2. The maximum absolute atomic E-state index is 13.3. The maximum Gasteiger partial charge on any atom is 0.243 e. The van der Waals surface area contributed by atoms with Crippen LogP contribution in [0.25, 0.3) is 0 Å². The molecule has 0 radical (unpaired) electrons. The molecule has 0 amide bonds. The van der Waals surface area contributed by atoms with E-state index in [9.17, 15) is 12.8 Å². The maximum atomic E-state index is 13.3. The molecule has 0 spiro atoms. The van der Waals surface area contributed by atoms with Gasteiger partial charge in [0.25, 0.3) is 0 Å². The number of hydrogen-bond acceptors (Lipinski definition) is 3. The third kappa shape index (κ3) is 3.02. The summed E-state index contributed by atoms with van der Waals surface area (Å²) >= 11 is 0. The van der Waals surface area contributed by atoms with Crippen LogP contribution in [0.4, 0.5) is 4.39 Å². The number of nitrogens with one attached hydrogen (secondary N) is 1. The van der Waals surface area contributed by atoms with Gasteiger partial charge in [0.05, 0.1) is 6.10 Å². The fourth-order valence-electron chi connectivity index (χ4n) is 1.75. The molecule has 1 fully saturated rings. The Morgan fingerprint density at radius 3 is 2.82 bits per heavy atom. The van der Waals surface area contributed by atoms with Gasteiger partial charge in [0, 0.05) is 13.2 Å². The molecule has 1 aromatic rings. The SMILES string of the molecule is O=S(=O)(NC[C@H]1CCCO1)c1ccccc1F. The van der Waals surface area contributed by atoms with Crippen molar-refractivity contribution in [2.24, 2.45) is 0 Å². The van der Waals surface area contributed by atoms with Crippen LogP contribution in [0.15, 0.2) is 29.2 Å². The third-order valence-electron chi connectivity index (χ3n) is 2.65. The highest BCUT2D eigenvalue weighted by Gasteiger charge is 2.22. The fourth-order valence-corrected chi connectivity index (χ4v) is 2.89. The summed E-state index contributed by atoms with van der Waals surface area (Å²) in [5.41, 5.74) is 0. The monoisotopic (exact) mass is 259 g/mol. The zero-order valence-corrected chi connectivity index (χ0v) is 10.0. The lowest BCUT2D eigenvalue weighted by molar-refractivity contribution is 0.114. The minimum atomic E-state index is -3.78. The van der Waals surface area contributed by atoms with Gasteiger partial charge in [0.2, 0.25) is 10.0 Å². The summed E-state index contributed by atoms with van der Waals surface area (Å²) in [6.45, 7) is 0.850. The Labute approximate surface area is 99.8 Å².